The van der Waals surface area contributed by atoms with E-state index in [1.165, 1.54) is 0 Å². The molecule has 0 aromatic carbocycles. The number of nitrogens with one attached hydrogen (secondary N) is 1. The van der Waals surface area contributed by atoms with Gasteiger partial charge in [0.2, 0.25) is 5.91 Å². The topological polar surface area (TPSA) is 75.6 Å². The molecule has 0 spiro atoms. The van der Waals surface area contributed by atoms with Crippen molar-refractivity contribution in [2.24, 2.45) is 0 Å². The van der Waals surface area contributed by atoms with E-state index >= 15 is 0 Å². The second-order valence-electron chi connectivity index (χ2n) is 4.84. The average Bonchev–Trinajstić information content (AvgIpc) is 2.90. The second-order valence-corrected chi connectivity index (χ2v) is 6.12. The fourth-order valence-electron chi connectivity index (χ4n) is 2.23. The molecule has 0 saturated carbocycles. The van der Waals surface area contributed by atoms with Crippen molar-refractivity contribution >= 4 is 23.6 Å². The van der Waals surface area contributed by atoms with Crippen LogP contribution < -0.4 is 5.32 Å². The first kappa shape index (κ1) is 16.3. The van der Waals surface area contributed by atoms with Crippen LogP contribution in [0.15, 0.2) is 0 Å². The summed E-state index contributed by atoms with van der Waals surface area (Å²) in [6.45, 7) is 4.81. The number of carbonyl (C=O) groups excluding carboxylic acids is 1. The molecule has 110 valence electrons. The van der Waals surface area contributed by atoms with Gasteiger partial charge in [0.25, 0.3) is 0 Å². The molecule has 1 amide bonds. The van der Waals surface area contributed by atoms with Gasteiger partial charge in [-0.05, 0) is 31.9 Å². The van der Waals surface area contributed by atoms with Crippen LogP contribution in [0, 0.1) is 0 Å². The summed E-state index contributed by atoms with van der Waals surface area (Å²) in [7, 11) is 0. The van der Waals surface area contributed by atoms with Crippen molar-refractivity contribution in [3.05, 3.63) is 0 Å². The van der Waals surface area contributed by atoms with Gasteiger partial charge >= 0.3 is 5.97 Å². The van der Waals surface area contributed by atoms with Gasteiger partial charge in [0.1, 0.15) is 6.10 Å². The summed E-state index contributed by atoms with van der Waals surface area (Å²) >= 11 is 1.76. The summed E-state index contributed by atoms with van der Waals surface area (Å²) in [4.78, 5) is 22.7. The van der Waals surface area contributed by atoms with Gasteiger partial charge in [-0.25, -0.2) is 4.79 Å². The predicted molar refractivity (Wildman–Crippen MR) is 75.4 cm³/mol. The minimum absolute atomic E-state index is 0.0560. The summed E-state index contributed by atoms with van der Waals surface area (Å²) < 4.78 is 5.29. The maximum absolute atomic E-state index is 12.0. The van der Waals surface area contributed by atoms with Gasteiger partial charge < -0.3 is 15.2 Å². The Morgan fingerprint density at radius 3 is 2.32 bits per heavy atom. The molecule has 2 unspecified atom stereocenters. The molecule has 1 rings (SSSR count). The van der Waals surface area contributed by atoms with Crippen LogP contribution in [0.2, 0.25) is 0 Å². The first-order valence-electron chi connectivity index (χ1n) is 6.69. The molecule has 1 heterocycles. The van der Waals surface area contributed by atoms with Crippen LogP contribution in [0.1, 0.15) is 39.5 Å². The van der Waals surface area contributed by atoms with E-state index in [0.717, 1.165) is 12.8 Å². The van der Waals surface area contributed by atoms with Crippen molar-refractivity contribution in [3.63, 3.8) is 0 Å². The molecular weight excluding hydrogens is 266 g/mol. The van der Waals surface area contributed by atoms with E-state index in [9.17, 15) is 9.59 Å². The van der Waals surface area contributed by atoms with Crippen molar-refractivity contribution in [2.45, 2.75) is 56.5 Å². The highest BCUT2D eigenvalue weighted by Gasteiger charge is 2.35. The number of rotatable bonds is 7. The van der Waals surface area contributed by atoms with E-state index < -0.39 is 18.2 Å². The summed E-state index contributed by atoms with van der Waals surface area (Å²) in [5.74, 6) is -1.18. The number of hydrogen-bond acceptors (Lipinski definition) is 4. The molecule has 19 heavy (non-hydrogen) atoms. The number of amides is 1. The molecule has 1 aliphatic heterocycles. The van der Waals surface area contributed by atoms with Crippen LogP contribution >= 0.6 is 11.8 Å². The number of hydrogen-bond donors (Lipinski definition) is 2. The van der Waals surface area contributed by atoms with Crippen LogP contribution in [-0.2, 0) is 14.3 Å². The Morgan fingerprint density at radius 2 is 1.89 bits per heavy atom. The standard InChI is InChI=1S/C13H23NO4S/c1-4-13(5-2,19-3)8-14-11(15)9-6-7-10(18-9)12(16)17/h9-10H,4-8H2,1-3H3,(H,14,15)(H,16,17). The maximum atomic E-state index is 12.0. The van der Waals surface area contributed by atoms with Gasteiger partial charge in [-0.3, -0.25) is 4.79 Å². The fraction of sp³-hybridized carbons (Fsp3) is 0.846. The van der Waals surface area contributed by atoms with Crippen LogP contribution in [0.5, 0.6) is 0 Å². The molecule has 2 N–H and O–H groups in total. The van der Waals surface area contributed by atoms with E-state index in [-0.39, 0.29) is 10.7 Å². The van der Waals surface area contributed by atoms with Gasteiger partial charge in [-0.1, -0.05) is 13.8 Å². The van der Waals surface area contributed by atoms with Crippen molar-refractivity contribution in [3.8, 4) is 0 Å². The largest absolute Gasteiger partial charge is 0.479 e. The molecule has 2 atom stereocenters. The van der Waals surface area contributed by atoms with Gasteiger partial charge in [-0.15, -0.1) is 0 Å². The van der Waals surface area contributed by atoms with Gasteiger partial charge in [0, 0.05) is 11.3 Å². The lowest BCUT2D eigenvalue weighted by Gasteiger charge is -2.30. The molecule has 0 bridgehead atoms. The zero-order chi connectivity index (χ0) is 14.5. The van der Waals surface area contributed by atoms with Gasteiger partial charge in [0.15, 0.2) is 6.10 Å². The maximum Gasteiger partial charge on any atom is 0.332 e. The highest BCUT2D eigenvalue weighted by molar-refractivity contribution is 8.00. The third kappa shape index (κ3) is 4.11. The summed E-state index contributed by atoms with van der Waals surface area (Å²) in [6, 6.07) is 0. The summed E-state index contributed by atoms with van der Waals surface area (Å²) in [5.41, 5.74) is 0. The molecular formula is C13H23NO4S. The first-order valence-corrected chi connectivity index (χ1v) is 7.91. The normalized spacial score (nSPS) is 23.3. The highest BCUT2D eigenvalue weighted by Crippen LogP contribution is 2.29. The number of ether oxygens (including phenoxy) is 1. The number of aliphatic carboxylic acids is 1. The lowest BCUT2D eigenvalue weighted by atomic mass is 10.0. The van der Waals surface area contributed by atoms with Crippen molar-refractivity contribution in [2.75, 3.05) is 12.8 Å². The van der Waals surface area contributed by atoms with Crippen molar-refractivity contribution in [1.29, 1.82) is 0 Å². The number of carboxylic acids is 1. The van der Waals surface area contributed by atoms with E-state index in [2.05, 4.69) is 19.2 Å². The third-order valence-corrected chi connectivity index (χ3v) is 5.48. The van der Waals surface area contributed by atoms with Crippen LogP contribution in [0.4, 0.5) is 0 Å². The number of carboxylic acid groups (broad SMARTS) is 1. The van der Waals surface area contributed by atoms with Crippen LogP contribution in [0.25, 0.3) is 0 Å². The summed E-state index contributed by atoms with van der Waals surface area (Å²) in [6.07, 6.45) is 3.44. The van der Waals surface area contributed by atoms with E-state index in [1.54, 1.807) is 11.8 Å². The van der Waals surface area contributed by atoms with E-state index in [4.69, 9.17) is 9.84 Å². The predicted octanol–water partition coefficient (Wildman–Crippen LogP) is 1.66. The minimum atomic E-state index is -0.990. The molecule has 1 aliphatic rings. The highest BCUT2D eigenvalue weighted by atomic mass is 32.2. The molecule has 0 aromatic rings. The zero-order valence-corrected chi connectivity index (χ0v) is 12.6. The van der Waals surface area contributed by atoms with Gasteiger partial charge in [0.05, 0.1) is 0 Å². The molecule has 6 heteroatoms. The Balaban J connectivity index is 2.46. The quantitative estimate of drug-likeness (QED) is 0.745. The molecule has 5 nitrogen and oxygen atoms in total. The first-order chi connectivity index (χ1) is 8.98. The Kier molecular flexibility index (Phi) is 6.13. The Labute approximate surface area is 118 Å². The smallest absolute Gasteiger partial charge is 0.332 e. The van der Waals surface area contributed by atoms with Crippen LogP contribution in [0.3, 0.4) is 0 Å². The molecule has 0 aromatic heterocycles. The van der Waals surface area contributed by atoms with Crippen molar-refractivity contribution < 1.29 is 19.4 Å². The molecule has 0 aliphatic carbocycles. The lowest BCUT2D eigenvalue weighted by molar-refractivity contribution is -0.151. The molecule has 1 fully saturated rings. The molecule has 0 radical (unpaired) electrons. The Hall–Kier alpha value is -0.750. The number of carbonyl (C=O) groups is 2. The second kappa shape index (κ2) is 7.14. The van der Waals surface area contributed by atoms with E-state index in [1.807, 2.05) is 6.26 Å². The minimum Gasteiger partial charge on any atom is -0.479 e. The Bertz CT molecular complexity index is 322. The average molecular weight is 289 g/mol. The monoisotopic (exact) mass is 289 g/mol. The molecule has 1 saturated heterocycles. The lowest BCUT2D eigenvalue weighted by Crippen LogP contribution is -2.44. The van der Waals surface area contributed by atoms with Crippen LogP contribution in [-0.4, -0.2) is 46.7 Å². The zero-order valence-electron chi connectivity index (χ0n) is 11.8. The summed E-state index contributed by atoms with van der Waals surface area (Å²) in [5, 5.41) is 11.7. The SMILES string of the molecule is CCC(CC)(CNC(=O)C1CCC(C(=O)O)O1)SC. The van der Waals surface area contributed by atoms with Crippen molar-refractivity contribution in [1.82, 2.24) is 5.32 Å². The Morgan fingerprint density at radius 1 is 1.32 bits per heavy atom. The van der Waals surface area contributed by atoms with E-state index in [0.29, 0.717) is 19.4 Å². The third-order valence-electron chi connectivity index (χ3n) is 3.89. The van der Waals surface area contributed by atoms with Gasteiger partial charge in [-0.2, -0.15) is 11.8 Å². The number of thioether (sulfide) groups is 1. The fourth-order valence-corrected chi connectivity index (χ4v) is 3.03.